The summed E-state index contributed by atoms with van der Waals surface area (Å²) in [7, 11) is 1.88. The van der Waals surface area contributed by atoms with E-state index in [0.29, 0.717) is 13.1 Å². The van der Waals surface area contributed by atoms with Gasteiger partial charge in [-0.25, -0.2) is 9.97 Å². The number of piperidine rings is 1. The molecule has 3 aromatic rings. The number of carbonyl (C=O) groups excluding carboxylic acids is 1. The van der Waals surface area contributed by atoms with Crippen LogP contribution < -0.4 is 15.5 Å². The maximum absolute atomic E-state index is 12.5. The van der Waals surface area contributed by atoms with Crippen LogP contribution in [0.5, 0.6) is 0 Å². The molecule has 0 unspecified atom stereocenters. The van der Waals surface area contributed by atoms with Gasteiger partial charge in [-0.2, -0.15) is 0 Å². The Morgan fingerprint density at radius 2 is 1.90 bits per heavy atom. The van der Waals surface area contributed by atoms with Gasteiger partial charge in [-0.05, 0) is 71.9 Å². The number of carbonyl (C=O) groups is 1. The lowest BCUT2D eigenvalue weighted by molar-refractivity contribution is 0.0816. The van der Waals surface area contributed by atoms with E-state index in [-0.39, 0.29) is 17.4 Å². The molecule has 1 saturated heterocycles. The normalized spacial score (nSPS) is 22.6. The molecular weight excluding hydrogens is 486 g/mol. The third-order valence-corrected chi connectivity index (χ3v) is 9.83. The highest BCUT2D eigenvalue weighted by molar-refractivity contribution is 6.12. The van der Waals surface area contributed by atoms with Gasteiger partial charge in [0.25, 0.3) is 5.91 Å². The highest BCUT2D eigenvalue weighted by atomic mass is 16.2. The summed E-state index contributed by atoms with van der Waals surface area (Å²) < 4.78 is 0. The Hall–Kier alpha value is -3.78. The number of hydrogen-bond donors (Lipinski definition) is 1. The summed E-state index contributed by atoms with van der Waals surface area (Å²) in [5, 5.41) is 0. The van der Waals surface area contributed by atoms with Crippen molar-refractivity contribution < 1.29 is 4.79 Å². The molecule has 2 aromatic carbocycles. The first-order valence-corrected chi connectivity index (χ1v) is 14.2. The SMILES string of the molecule is CN1Cc2c(ccc3c2CCCN3C2=NCc3nc(N4CCC5(CC4)Cc4ccccc4[C@H]5N)cnc32)C1=O. The summed E-state index contributed by atoms with van der Waals surface area (Å²) in [6.07, 6.45) is 7.17. The van der Waals surface area contributed by atoms with Gasteiger partial charge < -0.3 is 20.4 Å². The number of anilines is 2. The molecule has 1 amide bonds. The van der Waals surface area contributed by atoms with Gasteiger partial charge in [0.2, 0.25) is 0 Å². The second-order valence-electron chi connectivity index (χ2n) is 11.9. The summed E-state index contributed by atoms with van der Waals surface area (Å²) >= 11 is 0. The van der Waals surface area contributed by atoms with Crippen LogP contribution in [-0.2, 0) is 25.9 Å². The van der Waals surface area contributed by atoms with Crippen molar-refractivity contribution in [1.82, 2.24) is 14.9 Å². The maximum Gasteiger partial charge on any atom is 0.254 e. The van der Waals surface area contributed by atoms with Crippen molar-refractivity contribution in [2.75, 3.05) is 36.5 Å². The Labute approximate surface area is 228 Å². The Morgan fingerprint density at radius 3 is 2.74 bits per heavy atom. The van der Waals surface area contributed by atoms with Crippen LogP contribution in [0.3, 0.4) is 0 Å². The van der Waals surface area contributed by atoms with E-state index in [9.17, 15) is 4.79 Å². The zero-order valence-corrected chi connectivity index (χ0v) is 22.4. The van der Waals surface area contributed by atoms with Gasteiger partial charge >= 0.3 is 0 Å². The van der Waals surface area contributed by atoms with Crippen molar-refractivity contribution >= 4 is 23.2 Å². The lowest BCUT2D eigenvalue weighted by Crippen LogP contribution is -2.44. The van der Waals surface area contributed by atoms with Gasteiger partial charge in [-0.15, -0.1) is 0 Å². The molecule has 1 aromatic heterocycles. The van der Waals surface area contributed by atoms with E-state index in [1.807, 2.05) is 19.3 Å². The number of hydrogen-bond acceptors (Lipinski definition) is 7. The minimum absolute atomic E-state index is 0.116. The average molecular weight is 520 g/mol. The highest BCUT2D eigenvalue weighted by Gasteiger charge is 2.46. The number of nitrogens with two attached hydrogens (primary N) is 1. The van der Waals surface area contributed by atoms with E-state index in [4.69, 9.17) is 20.7 Å². The summed E-state index contributed by atoms with van der Waals surface area (Å²) in [5.41, 5.74) is 16.0. The van der Waals surface area contributed by atoms with Gasteiger partial charge in [0.15, 0.2) is 5.84 Å². The molecular formula is C31H33N7O. The fourth-order valence-corrected chi connectivity index (χ4v) is 7.65. The third-order valence-electron chi connectivity index (χ3n) is 9.83. The quantitative estimate of drug-likeness (QED) is 0.528. The predicted octanol–water partition coefficient (Wildman–Crippen LogP) is 3.62. The first kappa shape index (κ1) is 23.1. The zero-order chi connectivity index (χ0) is 26.3. The first-order valence-electron chi connectivity index (χ1n) is 14.2. The molecule has 39 heavy (non-hydrogen) atoms. The Balaban J connectivity index is 1.02. The number of aromatic nitrogens is 2. The second-order valence-corrected chi connectivity index (χ2v) is 11.9. The number of aliphatic imine (C=N–C) groups is 1. The highest BCUT2D eigenvalue weighted by Crippen LogP contribution is 2.51. The van der Waals surface area contributed by atoms with Crippen molar-refractivity contribution in [3.8, 4) is 0 Å². The van der Waals surface area contributed by atoms with E-state index in [2.05, 4.69) is 40.1 Å². The molecule has 1 spiro atoms. The van der Waals surface area contributed by atoms with Crippen LogP contribution in [0.25, 0.3) is 0 Å². The predicted molar refractivity (Wildman–Crippen MR) is 151 cm³/mol. The molecule has 8 nitrogen and oxygen atoms in total. The van der Waals surface area contributed by atoms with Crippen molar-refractivity contribution in [2.24, 2.45) is 16.1 Å². The van der Waals surface area contributed by atoms with Crippen molar-refractivity contribution in [1.29, 1.82) is 0 Å². The lowest BCUT2D eigenvalue weighted by Gasteiger charge is -2.42. The van der Waals surface area contributed by atoms with Crippen LogP contribution >= 0.6 is 0 Å². The summed E-state index contributed by atoms with van der Waals surface area (Å²) in [6.45, 7) is 4.03. The second kappa shape index (κ2) is 8.36. The molecule has 0 radical (unpaired) electrons. The number of amidine groups is 1. The van der Waals surface area contributed by atoms with E-state index < -0.39 is 0 Å². The largest absolute Gasteiger partial charge is 0.355 e. The molecule has 198 valence electrons. The summed E-state index contributed by atoms with van der Waals surface area (Å²) in [6, 6.07) is 12.9. The molecule has 1 atom stereocenters. The van der Waals surface area contributed by atoms with Gasteiger partial charge in [0.05, 0.1) is 18.4 Å². The molecule has 0 bridgehead atoms. The summed E-state index contributed by atoms with van der Waals surface area (Å²) in [5.74, 6) is 1.98. The minimum atomic E-state index is 0.116. The first-order chi connectivity index (χ1) is 19.0. The van der Waals surface area contributed by atoms with Crippen LogP contribution in [0.4, 0.5) is 11.5 Å². The molecule has 5 aliphatic rings. The molecule has 8 rings (SSSR count). The number of nitrogens with zero attached hydrogens (tertiary/aromatic N) is 6. The zero-order valence-electron chi connectivity index (χ0n) is 22.4. The molecule has 2 N–H and O–H groups in total. The van der Waals surface area contributed by atoms with E-state index in [1.54, 1.807) is 4.90 Å². The molecule has 1 aliphatic carbocycles. The number of rotatable bonds is 1. The fraction of sp³-hybridized carbons (Fsp3) is 0.419. The van der Waals surface area contributed by atoms with Gasteiger partial charge in [-0.1, -0.05) is 24.3 Å². The number of amides is 1. The van der Waals surface area contributed by atoms with Crippen LogP contribution in [0, 0.1) is 5.41 Å². The Bertz CT molecular complexity index is 1550. The van der Waals surface area contributed by atoms with Crippen LogP contribution in [-0.4, -0.2) is 53.3 Å². The topological polar surface area (TPSA) is 90.9 Å². The summed E-state index contributed by atoms with van der Waals surface area (Å²) in [4.78, 5) is 34.0. The molecule has 0 saturated carbocycles. The lowest BCUT2D eigenvalue weighted by atomic mass is 9.73. The van der Waals surface area contributed by atoms with Crippen LogP contribution in [0.2, 0.25) is 0 Å². The number of benzene rings is 2. The molecule has 4 aliphatic heterocycles. The van der Waals surface area contributed by atoms with Crippen LogP contribution in [0.1, 0.15) is 69.3 Å². The van der Waals surface area contributed by atoms with Gasteiger partial charge in [0, 0.05) is 50.5 Å². The minimum Gasteiger partial charge on any atom is -0.355 e. The van der Waals surface area contributed by atoms with Crippen molar-refractivity contribution in [3.63, 3.8) is 0 Å². The van der Waals surface area contributed by atoms with Gasteiger partial charge in [0.1, 0.15) is 11.5 Å². The molecule has 1 fully saturated rings. The van der Waals surface area contributed by atoms with Crippen molar-refractivity contribution in [3.05, 3.63) is 81.8 Å². The fourth-order valence-electron chi connectivity index (χ4n) is 7.65. The van der Waals surface area contributed by atoms with Gasteiger partial charge in [-0.3, -0.25) is 9.79 Å². The molecule has 8 heteroatoms. The average Bonchev–Trinajstić information content (AvgIpc) is 3.61. The standard InChI is InChI=1S/C31H33N7O/c1-36-18-23-21-7-4-12-38(25(21)9-8-22(23)30(36)39)29-27-24(16-34-29)35-26(17-33-27)37-13-10-31(11-14-37)15-19-5-2-3-6-20(19)28(31)32/h2-3,5-6,8-9,17,28H,4,7,10-16,18,32H2,1H3/t28-/m1/s1. The van der Waals surface area contributed by atoms with E-state index in [0.717, 1.165) is 86.0 Å². The monoisotopic (exact) mass is 519 g/mol. The van der Waals surface area contributed by atoms with E-state index in [1.165, 1.54) is 22.3 Å². The molecule has 5 heterocycles. The van der Waals surface area contributed by atoms with E-state index >= 15 is 0 Å². The Morgan fingerprint density at radius 1 is 1.05 bits per heavy atom. The number of fused-ring (bicyclic) bond motifs is 5. The maximum atomic E-state index is 12.5. The smallest absolute Gasteiger partial charge is 0.254 e. The van der Waals surface area contributed by atoms with Crippen molar-refractivity contribution in [2.45, 2.75) is 51.2 Å². The Kier molecular flexibility index (Phi) is 4.96. The third kappa shape index (κ3) is 3.33. The van der Waals surface area contributed by atoms with Crippen LogP contribution in [0.15, 0.2) is 47.6 Å².